The molecular weight excluding hydrogens is 314 g/mol. The zero-order chi connectivity index (χ0) is 16.6. The van der Waals surface area contributed by atoms with Gasteiger partial charge >= 0.3 is 0 Å². The van der Waals surface area contributed by atoms with Gasteiger partial charge in [-0.2, -0.15) is 0 Å². The summed E-state index contributed by atoms with van der Waals surface area (Å²) in [6.07, 6.45) is 0. The van der Waals surface area contributed by atoms with Crippen LogP contribution in [-0.2, 0) is 4.79 Å². The topological polar surface area (TPSA) is 46.6 Å². The fourth-order valence-corrected chi connectivity index (χ4v) is 2.93. The molecule has 4 nitrogen and oxygen atoms in total. The molecule has 2 aromatic rings. The number of ether oxygens (including phenoxy) is 1. The van der Waals surface area contributed by atoms with Crippen molar-refractivity contribution in [3.63, 3.8) is 0 Å². The Kier molecular flexibility index (Phi) is 4.09. The third-order valence-corrected chi connectivity index (χ3v) is 4.14. The van der Waals surface area contributed by atoms with Gasteiger partial charge in [-0.1, -0.05) is 29.8 Å². The van der Waals surface area contributed by atoms with Crippen LogP contribution >= 0.6 is 11.6 Å². The molecule has 0 atom stereocenters. The number of aryl methyl sites for hydroxylation is 2. The number of anilines is 1. The Morgan fingerprint density at radius 3 is 2.48 bits per heavy atom. The van der Waals surface area contributed by atoms with E-state index in [4.69, 9.17) is 16.3 Å². The number of hydrogen-bond donors (Lipinski definition) is 0. The number of benzene rings is 2. The van der Waals surface area contributed by atoms with Crippen LogP contribution in [0.5, 0.6) is 5.75 Å². The maximum absolute atomic E-state index is 12.1. The number of nitrogens with zero attached hydrogens (tertiary/aromatic N) is 1. The van der Waals surface area contributed by atoms with Crippen molar-refractivity contribution in [1.82, 2.24) is 0 Å². The number of hydrogen-bond acceptors (Lipinski definition) is 3. The molecule has 0 bridgehead atoms. The lowest BCUT2D eigenvalue weighted by atomic mass is 10.1. The van der Waals surface area contributed by atoms with Crippen LogP contribution < -0.4 is 9.64 Å². The first-order chi connectivity index (χ1) is 11.0. The summed E-state index contributed by atoms with van der Waals surface area (Å²) in [5.74, 6) is -0.233. The van der Waals surface area contributed by atoms with E-state index in [1.165, 1.54) is 11.0 Å². The number of carbonyl (C=O) groups excluding carboxylic acids is 2. The smallest absolute Gasteiger partial charge is 0.299 e. The summed E-state index contributed by atoms with van der Waals surface area (Å²) in [5.41, 5.74) is 3.03. The van der Waals surface area contributed by atoms with E-state index in [2.05, 4.69) is 0 Å². The molecule has 0 fully saturated rings. The molecule has 0 saturated carbocycles. The molecule has 0 spiro atoms. The van der Waals surface area contributed by atoms with Crippen LogP contribution in [0.1, 0.15) is 21.5 Å². The summed E-state index contributed by atoms with van der Waals surface area (Å²) >= 11 is 5.90. The van der Waals surface area contributed by atoms with E-state index in [9.17, 15) is 9.59 Å². The van der Waals surface area contributed by atoms with Gasteiger partial charge in [0, 0.05) is 5.02 Å². The Bertz CT molecular complexity index is 781. The van der Waals surface area contributed by atoms with Crippen molar-refractivity contribution in [2.75, 3.05) is 18.1 Å². The van der Waals surface area contributed by atoms with Crippen molar-refractivity contribution in [3.8, 4) is 5.75 Å². The molecule has 0 saturated heterocycles. The van der Waals surface area contributed by atoms with Crippen LogP contribution in [0.4, 0.5) is 5.69 Å². The van der Waals surface area contributed by atoms with E-state index < -0.39 is 11.7 Å². The van der Waals surface area contributed by atoms with Crippen molar-refractivity contribution in [3.05, 3.63) is 58.1 Å². The number of halogens is 1. The molecule has 1 aliphatic heterocycles. The fraction of sp³-hybridized carbons (Fsp3) is 0.222. The van der Waals surface area contributed by atoms with Gasteiger partial charge in [0.05, 0.1) is 17.8 Å². The van der Waals surface area contributed by atoms with Crippen LogP contribution in [0, 0.1) is 13.8 Å². The van der Waals surface area contributed by atoms with Crippen molar-refractivity contribution in [2.24, 2.45) is 0 Å². The fourth-order valence-electron chi connectivity index (χ4n) is 2.76. The van der Waals surface area contributed by atoms with Gasteiger partial charge in [0.15, 0.2) is 0 Å². The minimum absolute atomic E-state index is 0.312. The Balaban J connectivity index is 1.75. The lowest BCUT2D eigenvalue weighted by Crippen LogP contribution is -2.33. The summed E-state index contributed by atoms with van der Waals surface area (Å²) in [6.45, 7) is 4.58. The number of rotatable bonds is 4. The molecule has 118 valence electrons. The standard InChI is InChI=1S/C18H16ClNO3/c1-11-4-3-5-12(2)17(11)23-9-8-20-15-7-6-13(19)10-14(15)16(21)18(20)22/h3-7,10H,8-9H2,1-2H3. The van der Waals surface area contributed by atoms with Crippen LogP contribution in [0.15, 0.2) is 36.4 Å². The minimum atomic E-state index is -0.535. The molecule has 3 rings (SSSR count). The zero-order valence-corrected chi connectivity index (χ0v) is 13.7. The molecule has 2 aromatic carbocycles. The molecule has 0 aromatic heterocycles. The maximum atomic E-state index is 12.1. The average Bonchev–Trinajstić information content (AvgIpc) is 2.75. The van der Waals surface area contributed by atoms with Gasteiger partial charge in [0.1, 0.15) is 12.4 Å². The van der Waals surface area contributed by atoms with E-state index in [0.29, 0.717) is 29.4 Å². The Morgan fingerprint density at radius 1 is 1.09 bits per heavy atom. The number of amides is 1. The highest BCUT2D eigenvalue weighted by Gasteiger charge is 2.35. The first kappa shape index (κ1) is 15.6. The third-order valence-electron chi connectivity index (χ3n) is 3.90. The second kappa shape index (κ2) is 6.05. The lowest BCUT2D eigenvalue weighted by Gasteiger charge is -2.18. The third kappa shape index (κ3) is 2.82. The molecule has 0 N–H and O–H groups in total. The van der Waals surface area contributed by atoms with Crippen molar-refractivity contribution in [1.29, 1.82) is 0 Å². The maximum Gasteiger partial charge on any atom is 0.299 e. The number of ketones is 1. The zero-order valence-electron chi connectivity index (χ0n) is 12.9. The molecule has 0 radical (unpaired) electrons. The molecular formula is C18H16ClNO3. The monoisotopic (exact) mass is 329 g/mol. The summed E-state index contributed by atoms with van der Waals surface area (Å²) < 4.78 is 5.82. The molecule has 23 heavy (non-hydrogen) atoms. The number of fused-ring (bicyclic) bond motifs is 1. The molecule has 5 heteroatoms. The van der Waals surface area contributed by atoms with Crippen molar-refractivity contribution in [2.45, 2.75) is 13.8 Å². The Morgan fingerprint density at radius 2 is 1.78 bits per heavy atom. The highest BCUT2D eigenvalue weighted by molar-refractivity contribution is 6.52. The Hall–Kier alpha value is -2.33. The van der Waals surface area contributed by atoms with Crippen LogP contribution in [-0.4, -0.2) is 24.8 Å². The SMILES string of the molecule is Cc1cccc(C)c1OCCN1C(=O)C(=O)c2cc(Cl)ccc21. The van der Waals surface area contributed by atoms with Gasteiger partial charge in [-0.05, 0) is 43.2 Å². The predicted octanol–water partition coefficient (Wildman–Crippen LogP) is 3.57. The highest BCUT2D eigenvalue weighted by Crippen LogP contribution is 2.31. The van der Waals surface area contributed by atoms with Gasteiger partial charge in [0.2, 0.25) is 0 Å². The summed E-state index contributed by atoms with van der Waals surface area (Å²) in [4.78, 5) is 25.6. The van der Waals surface area contributed by atoms with Crippen molar-refractivity contribution >= 4 is 29.0 Å². The highest BCUT2D eigenvalue weighted by atomic mass is 35.5. The van der Waals surface area contributed by atoms with Gasteiger partial charge in [-0.25, -0.2) is 0 Å². The van der Waals surface area contributed by atoms with Crippen LogP contribution in [0.25, 0.3) is 0 Å². The van der Waals surface area contributed by atoms with E-state index in [0.717, 1.165) is 16.9 Å². The summed E-state index contributed by atoms with van der Waals surface area (Å²) in [6, 6.07) is 10.8. The van der Waals surface area contributed by atoms with Gasteiger partial charge in [-0.15, -0.1) is 0 Å². The molecule has 0 unspecified atom stereocenters. The molecule has 1 heterocycles. The van der Waals surface area contributed by atoms with Gasteiger partial charge < -0.3 is 9.64 Å². The second-order valence-corrected chi connectivity index (χ2v) is 5.95. The summed E-state index contributed by atoms with van der Waals surface area (Å²) in [7, 11) is 0. The van der Waals surface area contributed by atoms with Crippen LogP contribution in [0.2, 0.25) is 5.02 Å². The Labute approximate surface area is 139 Å². The second-order valence-electron chi connectivity index (χ2n) is 5.52. The number of carbonyl (C=O) groups is 2. The number of para-hydroxylation sites is 1. The molecule has 0 aliphatic carbocycles. The van der Waals surface area contributed by atoms with E-state index in [-0.39, 0.29) is 0 Å². The lowest BCUT2D eigenvalue weighted by molar-refractivity contribution is -0.114. The van der Waals surface area contributed by atoms with Crippen LogP contribution in [0.3, 0.4) is 0 Å². The van der Waals surface area contributed by atoms with Gasteiger partial charge in [-0.3, -0.25) is 9.59 Å². The first-order valence-corrected chi connectivity index (χ1v) is 7.71. The molecule has 1 aliphatic rings. The number of Topliss-reactive ketones (excluding diaryl/α,β-unsaturated/α-hetero) is 1. The molecule has 1 amide bonds. The van der Waals surface area contributed by atoms with E-state index >= 15 is 0 Å². The normalized spacial score (nSPS) is 13.4. The van der Waals surface area contributed by atoms with Gasteiger partial charge in [0.25, 0.3) is 11.7 Å². The summed E-state index contributed by atoms with van der Waals surface area (Å²) in [5, 5.41) is 0.443. The predicted molar refractivity (Wildman–Crippen MR) is 89.5 cm³/mol. The van der Waals surface area contributed by atoms with E-state index in [1.54, 1.807) is 12.1 Å². The quantitative estimate of drug-likeness (QED) is 0.806. The average molecular weight is 330 g/mol. The first-order valence-electron chi connectivity index (χ1n) is 7.34. The van der Waals surface area contributed by atoms with E-state index in [1.807, 2.05) is 32.0 Å². The van der Waals surface area contributed by atoms with Crippen molar-refractivity contribution < 1.29 is 14.3 Å². The largest absolute Gasteiger partial charge is 0.491 e. The minimum Gasteiger partial charge on any atom is -0.491 e.